The highest BCUT2D eigenvalue weighted by molar-refractivity contribution is 5.89. The van der Waals surface area contributed by atoms with Crippen LogP contribution in [0.15, 0.2) is 11.5 Å². The van der Waals surface area contributed by atoms with Crippen LogP contribution in [-0.4, -0.2) is 41.3 Å². The Labute approximate surface area is 79.7 Å². The van der Waals surface area contributed by atoms with Crippen molar-refractivity contribution in [1.82, 2.24) is 0 Å². The lowest BCUT2D eigenvalue weighted by Gasteiger charge is -2.15. The van der Waals surface area contributed by atoms with Gasteiger partial charge in [0, 0.05) is 0 Å². The highest BCUT2D eigenvalue weighted by Crippen LogP contribution is 2.26. The highest BCUT2D eigenvalue weighted by Gasteiger charge is 2.43. The minimum Gasteiger partial charge on any atom is -0.505 e. The van der Waals surface area contributed by atoms with E-state index in [9.17, 15) is 9.90 Å². The second kappa shape index (κ2) is 3.14. The first-order valence-corrected chi connectivity index (χ1v) is 4.19. The molecule has 6 heteroatoms. The molecule has 3 atom stereocenters. The lowest BCUT2D eigenvalue weighted by molar-refractivity contribution is -0.148. The third kappa shape index (κ3) is 1.32. The Balaban J connectivity index is 2.11. The topological polar surface area (TPSA) is 85.2 Å². The average molecular weight is 202 g/mol. The van der Waals surface area contributed by atoms with Crippen molar-refractivity contribution >= 4 is 5.97 Å². The predicted molar refractivity (Wildman–Crippen MR) is 42.5 cm³/mol. The van der Waals surface area contributed by atoms with E-state index in [0.717, 1.165) is 0 Å². The number of hydrogen-bond donors (Lipinski definition) is 2. The predicted octanol–water partition coefficient (Wildman–Crippen LogP) is 0.000800. The average Bonchev–Trinajstić information content (AvgIpc) is 2.66. The summed E-state index contributed by atoms with van der Waals surface area (Å²) in [7, 11) is 0. The van der Waals surface area contributed by atoms with Crippen molar-refractivity contribution in [1.29, 1.82) is 0 Å². The third-order valence-electron chi connectivity index (χ3n) is 2.14. The Hall–Kier alpha value is -1.27. The Morgan fingerprint density at radius 1 is 1.43 bits per heavy atom. The molecule has 1 fully saturated rings. The number of carbonyl (C=O) groups excluding carboxylic acids is 1. The molecule has 6 nitrogen and oxygen atoms in total. The van der Waals surface area contributed by atoms with E-state index < -0.39 is 36.0 Å². The maximum Gasteiger partial charge on any atom is 0.377 e. The minimum atomic E-state index is -0.951. The summed E-state index contributed by atoms with van der Waals surface area (Å²) in [5.41, 5.74) is 0. The second-order valence-corrected chi connectivity index (χ2v) is 3.14. The fourth-order valence-electron chi connectivity index (χ4n) is 1.43. The molecule has 0 aromatic heterocycles. The molecular weight excluding hydrogens is 192 g/mol. The van der Waals surface area contributed by atoms with Crippen LogP contribution in [0.2, 0.25) is 0 Å². The number of aliphatic hydroxyl groups is 2. The van der Waals surface area contributed by atoms with Gasteiger partial charge in [-0.2, -0.15) is 0 Å². The van der Waals surface area contributed by atoms with Crippen LogP contribution >= 0.6 is 0 Å². The summed E-state index contributed by atoms with van der Waals surface area (Å²) < 4.78 is 15.0. The maximum absolute atomic E-state index is 10.8. The lowest BCUT2D eigenvalue weighted by atomic mass is 10.2. The van der Waals surface area contributed by atoms with Gasteiger partial charge in [0.2, 0.25) is 5.76 Å². The van der Waals surface area contributed by atoms with Crippen LogP contribution in [0.5, 0.6) is 0 Å². The molecule has 0 saturated carbocycles. The van der Waals surface area contributed by atoms with Gasteiger partial charge in [0.25, 0.3) is 0 Å². The zero-order chi connectivity index (χ0) is 10.3. The zero-order valence-corrected chi connectivity index (χ0v) is 7.47. The number of aliphatic hydroxyl groups excluding tert-OH is 2. The van der Waals surface area contributed by atoms with Crippen molar-refractivity contribution in [2.75, 3.05) is 6.61 Å². The Bertz CT molecular complexity index is 296. The number of ether oxygens (including phenoxy) is 3. The Morgan fingerprint density at radius 3 is 2.57 bits per heavy atom. The number of carbonyl (C=O) groups is 1. The van der Waals surface area contributed by atoms with Crippen LogP contribution in [0.3, 0.4) is 0 Å². The smallest absolute Gasteiger partial charge is 0.377 e. The quantitative estimate of drug-likeness (QED) is 0.582. The van der Waals surface area contributed by atoms with E-state index in [2.05, 4.69) is 0 Å². The van der Waals surface area contributed by atoms with Crippen molar-refractivity contribution in [2.24, 2.45) is 0 Å². The van der Waals surface area contributed by atoms with Gasteiger partial charge >= 0.3 is 5.97 Å². The summed E-state index contributed by atoms with van der Waals surface area (Å²) in [6.07, 6.45) is -1.90. The SMILES string of the molecule is CC1OC[C@@H]([C@H]2OC(=O)C(O)=C2O)O1. The molecule has 1 unspecified atom stereocenters. The van der Waals surface area contributed by atoms with Gasteiger partial charge in [-0.1, -0.05) is 0 Å². The molecule has 2 aliphatic heterocycles. The summed E-state index contributed by atoms with van der Waals surface area (Å²) in [6.45, 7) is 1.91. The van der Waals surface area contributed by atoms with E-state index in [1.54, 1.807) is 6.92 Å². The van der Waals surface area contributed by atoms with Gasteiger partial charge in [0.1, 0.15) is 6.10 Å². The molecule has 0 aromatic rings. The van der Waals surface area contributed by atoms with Gasteiger partial charge in [-0.25, -0.2) is 4.79 Å². The fraction of sp³-hybridized carbons (Fsp3) is 0.625. The number of esters is 1. The first kappa shape index (κ1) is 9.29. The van der Waals surface area contributed by atoms with E-state index in [1.165, 1.54) is 0 Å². The van der Waals surface area contributed by atoms with Crippen LogP contribution < -0.4 is 0 Å². The normalized spacial score (nSPS) is 37.8. The summed E-state index contributed by atoms with van der Waals surface area (Å²) >= 11 is 0. The number of rotatable bonds is 1. The summed E-state index contributed by atoms with van der Waals surface area (Å²) in [5.74, 6) is -2.17. The second-order valence-electron chi connectivity index (χ2n) is 3.14. The van der Waals surface area contributed by atoms with Crippen LogP contribution in [0.4, 0.5) is 0 Å². The lowest BCUT2D eigenvalue weighted by Crippen LogP contribution is -2.30. The zero-order valence-electron chi connectivity index (χ0n) is 7.47. The van der Waals surface area contributed by atoms with Gasteiger partial charge in [0.05, 0.1) is 6.61 Å². The van der Waals surface area contributed by atoms with E-state index in [0.29, 0.717) is 0 Å². The summed E-state index contributed by atoms with van der Waals surface area (Å²) in [6, 6.07) is 0. The van der Waals surface area contributed by atoms with Crippen molar-refractivity contribution in [2.45, 2.75) is 25.4 Å². The fourth-order valence-corrected chi connectivity index (χ4v) is 1.43. The largest absolute Gasteiger partial charge is 0.505 e. The molecule has 2 N–H and O–H groups in total. The molecule has 0 aliphatic carbocycles. The van der Waals surface area contributed by atoms with Gasteiger partial charge in [-0.15, -0.1) is 0 Å². The van der Waals surface area contributed by atoms with Crippen LogP contribution in [-0.2, 0) is 19.0 Å². The molecule has 2 rings (SSSR count). The van der Waals surface area contributed by atoms with E-state index in [4.69, 9.17) is 19.3 Å². The highest BCUT2D eigenvalue weighted by atomic mass is 16.7. The number of hydrogen-bond acceptors (Lipinski definition) is 6. The van der Waals surface area contributed by atoms with Crippen LogP contribution in [0.1, 0.15) is 6.92 Å². The molecule has 14 heavy (non-hydrogen) atoms. The summed E-state index contributed by atoms with van der Waals surface area (Å²) in [4.78, 5) is 10.8. The standard InChI is InChI=1S/C8H10O6/c1-3-12-2-4(13-3)7-5(9)6(10)8(11)14-7/h3-4,7,9-10H,2H2,1H3/t3?,4-,7+/m0/s1. The Morgan fingerprint density at radius 2 is 2.14 bits per heavy atom. The van der Waals surface area contributed by atoms with Gasteiger partial charge < -0.3 is 24.4 Å². The molecule has 0 amide bonds. The van der Waals surface area contributed by atoms with Crippen molar-refractivity contribution in [3.63, 3.8) is 0 Å². The molecule has 1 saturated heterocycles. The van der Waals surface area contributed by atoms with E-state index >= 15 is 0 Å². The number of cyclic esters (lactones) is 1. The molecule has 0 bridgehead atoms. The molecule has 78 valence electrons. The first-order valence-electron chi connectivity index (χ1n) is 4.19. The van der Waals surface area contributed by atoms with Crippen LogP contribution in [0.25, 0.3) is 0 Å². The first-order chi connectivity index (χ1) is 6.59. The molecular formula is C8H10O6. The maximum atomic E-state index is 10.8. The molecule has 0 spiro atoms. The van der Waals surface area contributed by atoms with Crippen molar-refractivity contribution in [3.8, 4) is 0 Å². The molecule has 2 aliphatic rings. The third-order valence-corrected chi connectivity index (χ3v) is 2.14. The molecule has 2 heterocycles. The van der Waals surface area contributed by atoms with E-state index in [-0.39, 0.29) is 6.61 Å². The van der Waals surface area contributed by atoms with Gasteiger partial charge in [-0.05, 0) is 6.92 Å². The van der Waals surface area contributed by atoms with Gasteiger partial charge in [-0.3, -0.25) is 0 Å². The van der Waals surface area contributed by atoms with Gasteiger partial charge in [0.15, 0.2) is 18.2 Å². The molecule has 0 aromatic carbocycles. The van der Waals surface area contributed by atoms with Crippen LogP contribution in [0, 0.1) is 0 Å². The Kier molecular flexibility index (Phi) is 2.09. The van der Waals surface area contributed by atoms with E-state index in [1.807, 2.05) is 0 Å². The van der Waals surface area contributed by atoms with Crippen molar-refractivity contribution in [3.05, 3.63) is 11.5 Å². The summed E-state index contributed by atoms with van der Waals surface area (Å²) in [5, 5.41) is 18.3. The monoisotopic (exact) mass is 202 g/mol. The minimum absolute atomic E-state index is 0.219. The van der Waals surface area contributed by atoms with Crippen molar-refractivity contribution < 1.29 is 29.2 Å². The molecule has 0 radical (unpaired) electrons.